The SMILES string of the molecule is C1=C2C3=C4C5=C6C(=C3C26c2ccccc2C1)c1ccc(cc1)N(c1ccccc1)C1(C5=CCc2ccccc21)N4c1ccccc1. The van der Waals surface area contributed by atoms with Crippen molar-refractivity contribution in [2.45, 2.75) is 23.9 Å². The maximum atomic E-state index is 2.73. The van der Waals surface area contributed by atoms with Gasteiger partial charge in [0.2, 0.25) is 0 Å². The zero-order valence-corrected chi connectivity index (χ0v) is 25.2. The summed E-state index contributed by atoms with van der Waals surface area (Å²) in [7, 11) is 0. The summed E-state index contributed by atoms with van der Waals surface area (Å²) in [5, 5.41) is 0. The summed E-state index contributed by atoms with van der Waals surface area (Å²) in [6.45, 7) is 0. The molecule has 1 saturated heterocycles. The number of hydrogen-bond acceptors (Lipinski definition) is 2. The van der Waals surface area contributed by atoms with E-state index >= 15 is 0 Å². The third-order valence-corrected chi connectivity index (χ3v) is 11.7. The molecule has 2 nitrogen and oxygen atoms in total. The van der Waals surface area contributed by atoms with E-state index in [9.17, 15) is 0 Å². The van der Waals surface area contributed by atoms with Gasteiger partial charge in [-0.25, -0.2) is 0 Å². The maximum Gasteiger partial charge on any atom is 0.175 e. The van der Waals surface area contributed by atoms with E-state index in [-0.39, 0.29) is 5.41 Å². The molecule has 2 fully saturated rings. The van der Waals surface area contributed by atoms with Gasteiger partial charge in [0.25, 0.3) is 0 Å². The molecule has 3 aliphatic heterocycles. The van der Waals surface area contributed by atoms with Crippen molar-refractivity contribution in [1.29, 1.82) is 0 Å². The van der Waals surface area contributed by atoms with Crippen LogP contribution >= 0.6 is 0 Å². The van der Waals surface area contributed by atoms with Gasteiger partial charge in [0, 0.05) is 39.3 Å². The molecule has 0 amide bonds. The fourth-order valence-corrected chi connectivity index (χ4v) is 10.3. The lowest BCUT2D eigenvalue weighted by Crippen LogP contribution is -2.58. The molecule has 46 heavy (non-hydrogen) atoms. The molecule has 2 unspecified atom stereocenters. The molecule has 3 heterocycles. The van der Waals surface area contributed by atoms with Crippen LogP contribution in [-0.4, -0.2) is 0 Å². The van der Waals surface area contributed by atoms with Crippen LogP contribution < -0.4 is 9.80 Å². The number of fused-ring (bicyclic) bond motifs is 5. The minimum Gasteiger partial charge on any atom is -0.310 e. The smallest absolute Gasteiger partial charge is 0.175 e. The average Bonchev–Trinajstić information content (AvgIpc) is 3.42. The van der Waals surface area contributed by atoms with Gasteiger partial charge in [-0.1, -0.05) is 109 Å². The number of allylic oxidation sites excluding steroid dienone is 8. The molecule has 0 N–H and O–H groups in total. The number of anilines is 3. The van der Waals surface area contributed by atoms with Gasteiger partial charge in [-0.2, -0.15) is 0 Å². The van der Waals surface area contributed by atoms with E-state index in [0.717, 1.165) is 12.8 Å². The molecule has 8 aliphatic rings. The fraction of sp³-hybridized carbons (Fsp3) is 0.0909. The Morgan fingerprint density at radius 1 is 0.435 bits per heavy atom. The number of rotatable bonds is 2. The average molecular weight is 585 g/mol. The van der Waals surface area contributed by atoms with Crippen LogP contribution in [0.15, 0.2) is 185 Å². The van der Waals surface area contributed by atoms with Crippen molar-refractivity contribution in [3.8, 4) is 0 Å². The first-order chi connectivity index (χ1) is 22.8. The molecule has 5 aliphatic carbocycles. The van der Waals surface area contributed by atoms with Crippen LogP contribution in [0.4, 0.5) is 17.1 Å². The highest BCUT2D eigenvalue weighted by atomic mass is 15.4. The van der Waals surface area contributed by atoms with Crippen LogP contribution in [0.1, 0.15) is 27.8 Å². The van der Waals surface area contributed by atoms with Crippen LogP contribution in [0.3, 0.4) is 0 Å². The van der Waals surface area contributed by atoms with Crippen molar-refractivity contribution in [3.05, 3.63) is 213 Å². The van der Waals surface area contributed by atoms with Crippen molar-refractivity contribution in [3.63, 3.8) is 0 Å². The van der Waals surface area contributed by atoms with Crippen molar-refractivity contribution in [1.82, 2.24) is 0 Å². The molecule has 13 rings (SSSR count). The van der Waals surface area contributed by atoms with E-state index in [2.05, 4.69) is 155 Å². The zero-order chi connectivity index (χ0) is 29.8. The first-order valence-electron chi connectivity index (χ1n) is 16.5. The fourth-order valence-electron chi connectivity index (χ4n) is 10.3. The Morgan fingerprint density at radius 2 is 0.978 bits per heavy atom. The van der Waals surface area contributed by atoms with Gasteiger partial charge >= 0.3 is 0 Å². The number of para-hydroxylation sites is 2. The largest absolute Gasteiger partial charge is 0.310 e. The molecule has 1 saturated carbocycles. The van der Waals surface area contributed by atoms with Gasteiger partial charge in [-0.3, -0.25) is 0 Å². The van der Waals surface area contributed by atoms with Crippen molar-refractivity contribution in [2.24, 2.45) is 0 Å². The second kappa shape index (κ2) is 7.78. The monoisotopic (exact) mass is 584 g/mol. The van der Waals surface area contributed by atoms with Gasteiger partial charge in [-0.15, -0.1) is 0 Å². The van der Waals surface area contributed by atoms with Crippen LogP contribution in [-0.2, 0) is 23.9 Å². The van der Waals surface area contributed by atoms with E-state index in [1.165, 1.54) is 89.6 Å². The van der Waals surface area contributed by atoms with Crippen molar-refractivity contribution in [2.75, 3.05) is 9.80 Å². The molecule has 2 atom stereocenters. The van der Waals surface area contributed by atoms with Crippen LogP contribution in [0, 0.1) is 0 Å². The molecule has 8 bridgehead atoms. The van der Waals surface area contributed by atoms with E-state index in [1.807, 2.05) is 0 Å². The Labute approximate surface area is 268 Å². The molecule has 1 spiro atoms. The van der Waals surface area contributed by atoms with Crippen LogP contribution in [0.5, 0.6) is 0 Å². The topological polar surface area (TPSA) is 6.48 Å². The minimum absolute atomic E-state index is 0.135. The summed E-state index contributed by atoms with van der Waals surface area (Å²) in [4.78, 5) is 5.37. The summed E-state index contributed by atoms with van der Waals surface area (Å²) in [6.07, 6.45) is 7.04. The second-order valence-electron chi connectivity index (χ2n) is 13.5. The van der Waals surface area contributed by atoms with Gasteiger partial charge in [0.15, 0.2) is 5.66 Å². The summed E-state index contributed by atoms with van der Waals surface area (Å²) in [5.41, 5.74) is 21.6. The molecule has 2 heteroatoms. The zero-order valence-electron chi connectivity index (χ0n) is 25.2. The van der Waals surface area contributed by atoms with Crippen molar-refractivity contribution < 1.29 is 0 Å². The normalized spacial score (nSPS) is 24.9. The lowest BCUT2D eigenvalue weighted by atomic mass is 9.36. The van der Waals surface area contributed by atoms with Gasteiger partial charge < -0.3 is 9.80 Å². The third kappa shape index (κ3) is 2.31. The van der Waals surface area contributed by atoms with E-state index in [0.29, 0.717) is 0 Å². The lowest BCUT2D eigenvalue weighted by molar-refractivity contribution is 0.529. The summed E-state index contributed by atoms with van der Waals surface area (Å²) in [6, 6.07) is 50.1. The highest BCUT2D eigenvalue weighted by Gasteiger charge is 2.73. The Balaban J connectivity index is 1.33. The number of nitrogens with zero attached hydrogens (tertiary/aromatic N) is 2. The minimum atomic E-state index is -0.628. The molecule has 0 aromatic heterocycles. The highest BCUT2D eigenvalue weighted by molar-refractivity contribution is 6.15. The first kappa shape index (κ1) is 23.7. The Hall–Kier alpha value is -5.60. The lowest BCUT2D eigenvalue weighted by Gasteiger charge is -2.65. The quantitative estimate of drug-likeness (QED) is 0.204. The van der Waals surface area contributed by atoms with Crippen LogP contribution in [0.25, 0.3) is 5.57 Å². The van der Waals surface area contributed by atoms with Gasteiger partial charge in [0.1, 0.15) is 0 Å². The Bertz CT molecular complexity index is 2400. The molecule has 214 valence electrons. The summed E-state index contributed by atoms with van der Waals surface area (Å²) < 4.78 is 0. The molecule has 5 aromatic carbocycles. The van der Waals surface area contributed by atoms with E-state index < -0.39 is 5.66 Å². The molecule has 5 aromatic rings. The Kier molecular flexibility index (Phi) is 4.02. The van der Waals surface area contributed by atoms with Crippen LogP contribution in [0.2, 0.25) is 0 Å². The predicted octanol–water partition coefficient (Wildman–Crippen LogP) is 9.46. The second-order valence-corrected chi connectivity index (χ2v) is 13.5. The van der Waals surface area contributed by atoms with Gasteiger partial charge in [-0.05, 0) is 93.8 Å². The predicted molar refractivity (Wildman–Crippen MR) is 185 cm³/mol. The standard InChI is InChI=1S/C44H28N2/c1-3-13-30(14-4-1)45-32-23-19-29(20-24-32)37-40-38-35-25-21-27-11-7-9-17-33(27)43(35,40)41(37)39-36-26-22-28-12-8-10-18-34(28)44(36,45)46(42(38)39)31-15-5-2-6-16-31/h1-20,23-26H,21-22H2. The summed E-state index contributed by atoms with van der Waals surface area (Å²) >= 11 is 0. The van der Waals surface area contributed by atoms with Gasteiger partial charge in [0.05, 0.1) is 11.1 Å². The first-order valence-corrected chi connectivity index (χ1v) is 16.5. The molecular formula is C44H28N2. The highest BCUT2D eigenvalue weighted by Crippen LogP contribution is 2.81. The molecule has 0 radical (unpaired) electrons. The van der Waals surface area contributed by atoms with E-state index in [1.54, 1.807) is 0 Å². The number of hydrogen-bond donors (Lipinski definition) is 0. The third-order valence-electron chi connectivity index (χ3n) is 11.7. The summed E-state index contributed by atoms with van der Waals surface area (Å²) in [5.74, 6) is 0. The van der Waals surface area contributed by atoms with Crippen molar-refractivity contribution >= 4 is 22.6 Å². The molecular weight excluding hydrogens is 556 g/mol. The van der Waals surface area contributed by atoms with E-state index in [4.69, 9.17) is 0 Å². The Morgan fingerprint density at radius 3 is 1.70 bits per heavy atom. The maximum absolute atomic E-state index is 2.73. The number of benzene rings is 5.